The number of carboxylic acid groups (broad SMARTS) is 1. The first-order valence-electron chi connectivity index (χ1n) is 7.07. The van der Waals surface area contributed by atoms with Crippen molar-refractivity contribution in [3.05, 3.63) is 24.3 Å². The summed E-state index contributed by atoms with van der Waals surface area (Å²) < 4.78 is 5.61. The van der Waals surface area contributed by atoms with Crippen LogP contribution in [0, 0.1) is 5.92 Å². The molecule has 6 heteroatoms. The second kappa shape index (κ2) is 6.97. The molecule has 1 atom stereocenters. The number of benzene rings is 1. The number of carboxylic acids is 1. The van der Waals surface area contributed by atoms with Gasteiger partial charge in [-0.15, -0.1) is 0 Å². The van der Waals surface area contributed by atoms with Gasteiger partial charge in [0, 0.05) is 19.5 Å². The Hall–Kier alpha value is -2.24. The highest BCUT2D eigenvalue weighted by Crippen LogP contribution is 2.30. The van der Waals surface area contributed by atoms with Gasteiger partial charge in [0.1, 0.15) is 5.75 Å². The van der Waals surface area contributed by atoms with Crippen molar-refractivity contribution in [2.45, 2.75) is 19.8 Å². The number of urea groups is 1. The summed E-state index contributed by atoms with van der Waals surface area (Å²) in [5, 5.41) is 11.5. The lowest BCUT2D eigenvalue weighted by molar-refractivity contribution is -0.137. The number of anilines is 1. The van der Waals surface area contributed by atoms with Gasteiger partial charge in [0.2, 0.25) is 0 Å². The highest BCUT2D eigenvalue weighted by atomic mass is 16.5. The van der Waals surface area contributed by atoms with Crippen molar-refractivity contribution in [1.82, 2.24) is 5.32 Å². The minimum absolute atomic E-state index is 0.0416. The molecule has 0 radical (unpaired) electrons. The molecule has 1 aromatic rings. The Morgan fingerprint density at radius 3 is 2.95 bits per heavy atom. The Morgan fingerprint density at radius 2 is 2.19 bits per heavy atom. The number of ether oxygens (including phenoxy) is 1. The number of hydrogen-bond acceptors (Lipinski definition) is 3. The maximum absolute atomic E-state index is 12.3. The highest BCUT2D eigenvalue weighted by molar-refractivity contribution is 5.93. The molecule has 6 nitrogen and oxygen atoms in total. The van der Waals surface area contributed by atoms with Crippen LogP contribution in [0.2, 0.25) is 0 Å². The zero-order valence-electron chi connectivity index (χ0n) is 12.0. The Balaban J connectivity index is 2.00. The molecule has 21 heavy (non-hydrogen) atoms. The molecule has 1 aliphatic heterocycles. The third kappa shape index (κ3) is 4.11. The molecule has 0 saturated heterocycles. The van der Waals surface area contributed by atoms with Gasteiger partial charge in [-0.2, -0.15) is 0 Å². The summed E-state index contributed by atoms with van der Waals surface area (Å²) in [5.74, 6) is -0.265. The first kappa shape index (κ1) is 15.2. The molecule has 0 aliphatic carbocycles. The Kier molecular flexibility index (Phi) is 5.03. The minimum atomic E-state index is -0.856. The summed E-state index contributed by atoms with van der Waals surface area (Å²) in [6.45, 7) is 3.30. The summed E-state index contributed by atoms with van der Waals surface area (Å²) in [7, 11) is 0. The third-order valence-corrected chi connectivity index (χ3v) is 3.31. The number of amides is 2. The fourth-order valence-corrected chi connectivity index (χ4v) is 2.27. The van der Waals surface area contributed by atoms with E-state index in [1.54, 1.807) is 11.8 Å². The predicted molar refractivity (Wildman–Crippen MR) is 78.7 cm³/mol. The lowest BCUT2D eigenvalue weighted by atomic mass is 10.1. The maximum atomic E-state index is 12.3. The molecule has 2 rings (SSSR count). The van der Waals surface area contributed by atoms with Crippen LogP contribution in [0.25, 0.3) is 0 Å². The van der Waals surface area contributed by atoms with E-state index in [1.165, 1.54) is 0 Å². The topological polar surface area (TPSA) is 78.9 Å². The lowest BCUT2D eigenvalue weighted by Crippen LogP contribution is -2.42. The summed E-state index contributed by atoms with van der Waals surface area (Å²) in [6, 6.07) is 7.20. The van der Waals surface area contributed by atoms with Gasteiger partial charge < -0.3 is 15.2 Å². The molecular formula is C15H20N2O4. The Labute approximate surface area is 123 Å². The molecule has 0 bridgehead atoms. The number of aliphatic carboxylic acids is 1. The molecule has 2 amide bonds. The molecule has 114 valence electrons. The van der Waals surface area contributed by atoms with Crippen molar-refractivity contribution in [1.29, 1.82) is 0 Å². The van der Waals surface area contributed by atoms with Crippen LogP contribution in [0.1, 0.15) is 19.8 Å². The van der Waals surface area contributed by atoms with Crippen LogP contribution in [0.3, 0.4) is 0 Å². The Morgan fingerprint density at radius 1 is 1.43 bits per heavy atom. The number of nitrogens with one attached hydrogen (secondary N) is 1. The van der Waals surface area contributed by atoms with E-state index < -0.39 is 5.97 Å². The average molecular weight is 292 g/mol. The van der Waals surface area contributed by atoms with Gasteiger partial charge in [0.05, 0.1) is 12.3 Å². The normalized spacial score (nSPS) is 15.4. The van der Waals surface area contributed by atoms with Gasteiger partial charge in [0.25, 0.3) is 0 Å². The highest BCUT2D eigenvalue weighted by Gasteiger charge is 2.22. The fraction of sp³-hybridized carbons (Fsp3) is 0.467. The van der Waals surface area contributed by atoms with Gasteiger partial charge in [-0.05, 0) is 24.5 Å². The number of nitrogens with zero attached hydrogens (tertiary/aromatic N) is 1. The van der Waals surface area contributed by atoms with Crippen LogP contribution in [0.15, 0.2) is 24.3 Å². The van der Waals surface area contributed by atoms with Crippen LogP contribution in [0.5, 0.6) is 5.75 Å². The van der Waals surface area contributed by atoms with E-state index in [4.69, 9.17) is 9.84 Å². The molecule has 1 unspecified atom stereocenters. The maximum Gasteiger partial charge on any atom is 0.322 e. The molecule has 0 spiro atoms. The summed E-state index contributed by atoms with van der Waals surface area (Å²) in [6.07, 6.45) is 0.798. The van der Waals surface area contributed by atoms with Gasteiger partial charge in [-0.25, -0.2) is 4.79 Å². The molecule has 1 aromatic carbocycles. The second-order valence-corrected chi connectivity index (χ2v) is 5.21. The molecule has 0 saturated carbocycles. The monoisotopic (exact) mass is 292 g/mol. The van der Waals surface area contributed by atoms with E-state index in [0.29, 0.717) is 25.4 Å². The van der Waals surface area contributed by atoms with Gasteiger partial charge in [0.15, 0.2) is 0 Å². The standard InChI is InChI=1S/C15H20N2O4/c1-11(9-14(18)19)10-16-15(20)17-7-4-8-21-13-6-3-2-5-12(13)17/h2-3,5-6,11H,4,7-10H2,1H3,(H,16,20)(H,18,19). The van der Waals surface area contributed by atoms with Crippen molar-refractivity contribution in [3.8, 4) is 5.75 Å². The first-order chi connectivity index (χ1) is 10.1. The van der Waals surface area contributed by atoms with Gasteiger partial charge in [-0.1, -0.05) is 19.1 Å². The summed E-state index contributed by atoms with van der Waals surface area (Å²) in [4.78, 5) is 24.6. The number of hydrogen-bond donors (Lipinski definition) is 2. The number of fused-ring (bicyclic) bond motifs is 1. The van der Waals surface area contributed by atoms with E-state index in [2.05, 4.69) is 5.32 Å². The van der Waals surface area contributed by atoms with Crippen LogP contribution in [0.4, 0.5) is 10.5 Å². The lowest BCUT2D eigenvalue weighted by Gasteiger charge is -2.23. The van der Waals surface area contributed by atoms with Crippen molar-refractivity contribution in [2.75, 3.05) is 24.6 Å². The molecule has 2 N–H and O–H groups in total. The molecular weight excluding hydrogens is 272 g/mol. The van der Waals surface area contributed by atoms with Gasteiger partial charge >= 0.3 is 12.0 Å². The molecule has 1 heterocycles. The fourth-order valence-electron chi connectivity index (χ4n) is 2.27. The van der Waals surface area contributed by atoms with Crippen LogP contribution >= 0.6 is 0 Å². The van der Waals surface area contributed by atoms with Crippen LogP contribution in [-0.4, -0.2) is 36.8 Å². The van der Waals surface area contributed by atoms with E-state index in [-0.39, 0.29) is 18.4 Å². The molecule has 1 aliphatic rings. The largest absolute Gasteiger partial charge is 0.491 e. The van der Waals surface area contributed by atoms with Crippen LogP contribution in [-0.2, 0) is 4.79 Å². The van der Waals surface area contributed by atoms with E-state index >= 15 is 0 Å². The quantitative estimate of drug-likeness (QED) is 0.890. The minimum Gasteiger partial charge on any atom is -0.491 e. The Bertz CT molecular complexity index is 518. The smallest absolute Gasteiger partial charge is 0.322 e. The third-order valence-electron chi connectivity index (χ3n) is 3.31. The number of rotatable bonds is 4. The van der Waals surface area contributed by atoms with Crippen molar-refractivity contribution >= 4 is 17.7 Å². The molecule has 0 fully saturated rings. The average Bonchev–Trinajstić information content (AvgIpc) is 2.66. The summed E-state index contributed by atoms with van der Waals surface area (Å²) in [5.41, 5.74) is 0.749. The number of para-hydroxylation sites is 2. The van der Waals surface area contributed by atoms with E-state index in [9.17, 15) is 9.59 Å². The van der Waals surface area contributed by atoms with Crippen LogP contribution < -0.4 is 15.0 Å². The first-order valence-corrected chi connectivity index (χ1v) is 7.07. The van der Waals surface area contributed by atoms with Crippen molar-refractivity contribution in [2.24, 2.45) is 5.92 Å². The number of carbonyl (C=O) groups excluding carboxylic acids is 1. The van der Waals surface area contributed by atoms with Gasteiger partial charge in [-0.3, -0.25) is 9.69 Å². The SMILES string of the molecule is CC(CNC(=O)N1CCCOc2ccccc21)CC(=O)O. The number of carbonyl (C=O) groups is 2. The predicted octanol–water partition coefficient (Wildman–Crippen LogP) is 2.10. The zero-order chi connectivity index (χ0) is 15.2. The zero-order valence-corrected chi connectivity index (χ0v) is 12.0. The van der Waals surface area contributed by atoms with E-state index in [0.717, 1.165) is 12.1 Å². The van der Waals surface area contributed by atoms with E-state index in [1.807, 2.05) is 24.3 Å². The second-order valence-electron chi connectivity index (χ2n) is 5.21. The molecule has 0 aromatic heterocycles. The van der Waals surface area contributed by atoms with Crippen molar-refractivity contribution in [3.63, 3.8) is 0 Å². The summed E-state index contributed by atoms with van der Waals surface area (Å²) >= 11 is 0. The van der Waals surface area contributed by atoms with Crippen molar-refractivity contribution < 1.29 is 19.4 Å².